The summed E-state index contributed by atoms with van der Waals surface area (Å²) in [5, 5.41) is 2.26. The summed E-state index contributed by atoms with van der Waals surface area (Å²) in [4.78, 5) is 53.9. The van der Waals surface area contributed by atoms with Crippen LogP contribution >= 0.6 is 0 Å². The van der Waals surface area contributed by atoms with E-state index in [2.05, 4.69) is 5.32 Å². The summed E-state index contributed by atoms with van der Waals surface area (Å²) in [7, 11) is 1.10. The van der Waals surface area contributed by atoms with E-state index in [0.717, 1.165) is 30.2 Å². The number of benzene rings is 3. The monoisotopic (exact) mass is 639 g/mol. The third-order valence-electron chi connectivity index (χ3n) is 7.96. The van der Waals surface area contributed by atoms with Crippen LogP contribution < -0.4 is 19.7 Å². The van der Waals surface area contributed by atoms with Gasteiger partial charge in [-0.05, 0) is 42.3 Å². The average Bonchev–Trinajstić information content (AvgIpc) is 3.37. The minimum absolute atomic E-state index is 0.00675. The van der Waals surface area contributed by atoms with E-state index in [1.54, 1.807) is 6.07 Å². The number of amides is 4. The predicted molar refractivity (Wildman–Crippen MR) is 154 cm³/mol. The fourth-order valence-electron chi connectivity index (χ4n) is 5.70. The third kappa shape index (κ3) is 5.95. The minimum atomic E-state index is -1.01. The lowest BCUT2D eigenvalue weighted by atomic mass is 10.0. The standard InChI is InChI=1S/C32H28F3N3O8/c1-43-32(42)38(23-6-4-20(15-21(23)34)45-26-8-3-18(33)14-22(26)35)24-5-2-17-16-37(25-7-9-27(39)36-30(25)40)31(41)28(17)29(24)46-19-10-12-44-13-11-19/h2-6,8,14-15,19,25H,7,9-13,16H2,1H3,(H,36,39,40). The molecule has 0 spiro atoms. The first-order chi connectivity index (χ1) is 22.1. The van der Waals surface area contributed by atoms with Gasteiger partial charge in [0.05, 0.1) is 37.3 Å². The SMILES string of the molecule is COC(=O)N(c1ccc(Oc2ccc(F)cc2F)cc1F)c1ccc2c(c1OC1CCOCC1)C(=O)N(C1CCC(=O)NC1=O)C2. The molecule has 3 aliphatic rings. The van der Waals surface area contributed by atoms with Gasteiger partial charge in [-0.1, -0.05) is 6.07 Å². The summed E-state index contributed by atoms with van der Waals surface area (Å²) < 4.78 is 65.5. The van der Waals surface area contributed by atoms with Crippen LogP contribution in [-0.2, 0) is 25.6 Å². The van der Waals surface area contributed by atoms with Gasteiger partial charge in [-0.25, -0.2) is 22.9 Å². The summed E-state index contributed by atoms with van der Waals surface area (Å²) in [6.45, 7) is 0.844. The first kappa shape index (κ1) is 30.9. The molecule has 2 saturated heterocycles. The molecule has 3 aromatic carbocycles. The second kappa shape index (κ2) is 12.7. The Morgan fingerprint density at radius 1 is 0.957 bits per heavy atom. The number of carbonyl (C=O) groups excluding carboxylic acids is 4. The number of rotatable bonds is 7. The van der Waals surface area contributed by atoms with Gasteiger partial charge < -0.3 is 23.8 Å². The van der Waals surface area contributed by atoms with E-state index in [9.17, 15) is 28.0 Å². The molecule has 1 N–H and O–H groups in total. The second-order valence-electron chi connectivity index (χ2n) is 10.9. The number of fused-ring (bicyclic) bond motifs is 1. The van der Waals surface area contributed by atoms with Crippen molar-refractivity contribution in [1.29, 1.82) is 0 Å². The molecule has 11 nitrogen and oxygen atoms in total. The lowest BCUT2D eigenvalue weighted by Crippen LogP contribution is -2.52. The molecule has 2 fully saturated rings. The summed E-state index contributed by atoms with van der Waals surface area (Å²) >= 11 is 0. The molecule has 1 unspecified atom stereocenters. The summed E-state index contributed by atoms with van der Waals surface area (Å²) in [5.41, 5.74) is 0.293. The molecule has 0 aliphatic carbocycles. The van der Waals surface area contributed by atoms with Crippen molar-refractivity contribution < 1.29 is 51.3 Å². The maximum atomic E-state index is 15.8. The number of carbonyl (C=O) groups is 4. The van der Waals surface area contributed by atoms with Gasteiger partial charge in [0.1, 0.15) is 23.7 Å². The molecule has 3 heterocycles. The Bertz CT molecular complexity index is 1730. The van der Waals surface area contributed by atoms with Crippen molar-refractivity contribution in [2.75, 3.05) is 25.2 Å². The molecule has 6 rings (SSSR count). The molecule has 0 bridgehead atoms. The van der Waals surface area contributed by atoms with E-state index >= 15 is 4.39 Å². The highest BCUT2D eigenvalue weighted by Gasteiger charge is 2.42. The molecule has 3 aromatic rings. The second-order valence-corrected chi connectivity index (χ2v) is 10.9. The fourth-order valence-corrected chi connectivity index (χ4v) is 5.70. The Hall–Kier alpha value is -5.11. The normalized spacial score (nSPS) is 18.2. The van der Waals surface area contributed by atoms with Crippen LogP contribution in [0, 0.1) is 17.5 Å². The van der Waals surface area contributed by atoms with Crippen LogP contribution in [0.2, 0.25) is 0 Å². The van der Waals surface area contributed by atoms with E-state index in [4.69, 9.17) is 18.9 Å². The maximum absolute atomic E-state index is 15.8. The molecular formula is C32H28F3N3O8. The van der Waals surface area contributed by atoms with E-state index in [-0.39, 0.29) is 53.6 Å². The fraction of sp³-hybridized carbons (Fsp3) is 0.312. The van der Waals surface area contributed by atoms with Crippen LogP contribution in [0.15, 0.2) is 48.5 Å². The molecule has 46 heavy (non-hydrogen) atoms. The van der Waals surface area contributed by atoms with Crippen LogP contribution in [0.4, 0.5) is 29.3 Å². The Kier molecular flexibility index (Phi) is 8.54. The average molecular weight is 640 g/mol. The largest absolute Gasteiger partial charge is 0.487 e. The number of hydrogen-bond donors (Lipinski definition) is 1. The molecule has 0 aromatic heterocycles. The molecule has 0 radical (unpaired) electrons. The first-order valence-corrected chi connectivity index (χ1v) is 14.5. The summed E-state index contributed by atoms with van der Waals surface area (Å²) in [5.74, 6) is -4.85. The number of nitrogens with one attached hydrogen (secondary N) is 1. The van der Waals surface area contributed by atoms with Crippen LogP contribution in [0.5, 0.6) is 17.2 Å². The number of halogens is 3. The minimum Gasteiger partial charge on any atom is -0.487 e. The van der Waals surface area contributed by atoms with E-state index in [1.165, 1.54) is 23.1 Å². The first-order valence-electron chi connectivity index (χ1n) is 14.5. The van der Waals surface area contributed by atoms with Crippen LogP contribution in [0.3, 0.4) is 0 Å². The molecule has 1 atom stereocenters. The van der Waals surface area contributed by atoms with Crippen LogP contribution in [0.1, 0.15) is 41.6 Å². The molecule has 3 aliphatic heterocycles. The predicted octanol–water partition coefficient (Wildman–Crippen LogP) is 5.12. The van der Waals surface area contributed by atoms with Crippen LogP contribution in [-0.4, -0.2) is 61.2 Å². The highest BCUT2D eigenvalue weighted by Crippen LogP contribution is 2.45. The summed E-state index contributed by atoms with van der Waals surface area (Å²) in [6, 6.07) is 8.22. The molecule has 4 amide bonds. The van der Waals surface area contributed by atoms with Gasteiger partial charge >= 0.3 is 6.09 Å². The highest BCUT2D eigenvalue weighted by molar-refractivity contribution is 6.09. The van der Waals surface area contributed by atoms with E-state index in [0.29, 0.717) is 37.7 Å². The molecule has 14 heteroatoms. The Labute approximate surface area is 260 Å². The zero-order valence-electron chi connectivity index (χ0n) is 24.5. The molecule has 240 valence electrons. The van der Waals surface area contributed by atoms with Crippen molar-refractivity contribution in [2.24, 2.45) is 0 Å². The van der Waals surface area contributed by atoms with Gasteiger partial charge in [0.25, 0.3) is 5.91 Å². The lowest BCUT2D eigenvalue weighted by Gasteiger charge is -2.30. The van der Waals surface area contributed by atoms with Crippen LogP contribution in [0.25, 0.3) is 0 Å². The van der Waals surface area contributed by atoms with Crippen molar-refractivity contribution in [3.63, 3.8) is 0 Å². The van der Waals surface area contributed by atoms with Crippen molar-refractivity contribution >= 4 is 35.2 Å². The van der Waals surface area contributed by atoms with E-state index in [1.807, 2.05) is 0 Å². The topological polar surface area (TPSA) is 124 Å². The van der Waals surface area contributed by atoms with Crippen molar-refractivity contribution in [1.82, 2.24) is 10.2 Å². The summed E-state index contributed by atoms with van der Waals surface area (Å²) in [6.07, 6.45) is -0.262. The highest BCUT2D eigenvalue weighted by atomic mass is 19.1. The Balaban J connectivity index is 1.40. The van der Waals surface area contributed by atoms with Gasteiger partial charge in [-0.15, -0.1) is 0 Å². The smallest absolute Gasteiger partial charge is 0.418 e. The van der Waals surface area contributed by atoms with Crippen molar-refractivity contribution in [3.8, 4) is 17.2 Å². The zero-order valence-corrected chi connectivity index (χ0v) is 24.5. The van der Waals surface area contributed by atoms with E-state index < -0.39 is 53.4 Å². The Morgan fingerprint density at radius 2 is 1.72 bits per heavy atom. The molecular weight excluding hydrogens is 611 g/mol. The Morgan fingerprint density at radius 3 is 2.41 bits per heavy atom. The zero-order chi connectivity index (χ0) is 32.5. The lowest BCUT2D eigenvalue weighted by molar-refractivity contribution is -0.136. The van der Waals surface area contributed by atoms with Gasteiger partial charge in [-0.2, -0.15) is 0 Å². The van der Waals surface area contributed by atoms with Crippen molar-refractivity contribution in [2.45, 2.75) is 44.4 Å². The maximum Gasteiger partial charge on any atom is 0.418 e. The number of hydrogen-bond acceptors (Lipinski definition) is 8. The van der Waals surface area contributed by atoms with Crippen molar-refractivity contribution in [3.05, 3.63) is 77.1 Å². The number of methoxy groups -OCH3 is 1. The van der Waals surface area contributed by atoms with Gasteiger partial charge in [0, 0.05) is 37.9 Å². The number of ether oxygens (including phenoxy) is 4. The number of imide groups is 1. The van der Waals surface area contributed by atoms with Gasteiger partial charge in [-0.3, -0.25) is 19.7 Å². The number of piperidine rings is 1. The quantitative estimate of drug-likeness (QED) is 0.354. The van der Waals surface area contributed by atoms with Gasteiger partial charge in [0.2, 0.25) is 11.8 Å². The number of nitrogens with zero attached hydrogens (tertiary/aromatic N) is 2. The van der Waals surface area contributed by atoms with Gasteiger partial charge in [0.15, 0.2) is 23.1 Å². The third-order valence-corrected chi connectivity index (χ3v) is 7.96. The number of anilines is 2. The molecule has 0 saturated carbocycles.